The molecule has 0 saturated heterocycles. The van der Waals surface area contributed by atoms with Gasteiger partial charge in [-0.1, -0.05) is 20.8 Å². The normalized spacial score (nSPS) is 11.0. The van der Waals surface area contributed by atoms with Crippen molar-refractivity contribution in [2.24, 2.45) is 5.92 Å². The molecule has 0 heterocycles. The van der Waals surface area contributed by atoms with Gasteiger partial charge >= 0.3 is 5.97 Å². The zero-order chi connectivity index (χ0) is 14.3. The predicted molar refractivity (Wildman–Crippen MR) is 75.8 cm³/mol. The molecule has 0 aliphatic carbocycles. The van der Waals surface area contributed by atoms with Gasteiger partial charge in [-0.05, 0) is 36.7 Å². The first kappa shape index (κ1) is 15.5. The summed E-state index contributed by atoms with van der Waals surface area (Å²) in [6, 6.07) is 6.51. The number of nitrogens with zero attached hydrogens (tertiary/aromatic N) is 1. The van der Waals surface area contributed by atoms with Gasteiger partial charge in [0.1, 0.15) is 12.4 Å². The lowest BCUT2D eigenvalue weighted by Crippen LogP contribution is -2.31. The van der Waals surface area contributed by atoms with E-state index in [0.717, 1.165) is 19.6 Å². The maximum absolute atomic E-state index is 10.7. The Morgan fingerprint density at radius 1 is 1.32 bits per heavy atom. The van der Waals surface area contributed by atoms with E-state index in [1.54, 1.807) is 24.3 Å². The molecule has 106 valence electrons. The van der Waals surface area contributed by atoms with Gasteiger partial charge in [-0.15, -0.1) is 0 Å². The molecular weight excluding hydrogens is 242 g/mol. The highest BCUT2D eigenvalue weighted by atomic mass is 16.5. The van der Waals surface area contributed by atoms with Gasteiger partial charge in [0.15, 0.2) is 0 Å². The lowest BCUT2D eigenvalue weighted by Gasteiger charge is -2.22. The molecule has 0 aliphatic rings. The van der Waals surface area contributed by atoms with Crippen LogP contribution in [0.3, 0.4) is 0 Å². The molecule has 0 spiro atoms. The van der Waals surface area contributed by atoms with Crippen molar-refractivity contribution < 1.29 is 14.6 Å². The first-order chi connectivity index (χ1) is 9.02. The molecule has 0 aromatic heterocycles. The van der Waals surface area contributed by atoms with E-state index < -0.39 is 5.97 Å². The van der Waals surface area contributed by atoms with Crippen LogP contribution in [0.25, 0.3) is 0 Å². The average Bonchev–Trinajstić information content (AvgIpc) is 2.37. The van der Waals surface area contributed by atoms with Crippen molar-refractivity contribution in [3.8, 4) is 5.75 Å². The van der Waals surface area contributed by atoms with E-state index in [-0.39, 0.29) is 5.56 Å². The second-order valence-corrected chi connectivity index (χ2v) is 4.97. The van der Waals surface area contributed by atoms with Crippen molar-refractivity contribution in [3.05, 3.63) is 29.8 Å². The molecule has 0 saturated carbocycles. The van der Waals surface area contributed by atoms with E-state index in [2.05, 4.69) is 25.7 Å². The molecule has 0 unspecified atom stereocenters. The van der Waals surface area contributed by atoms with Gasteiger partial charge in [0, 0.05) is 13.1 Å². The summed E-state index contributed by atoms with van der Waals surface area (Å²) in [6.45, 7) is 10.1. The summed E-state index contributed by atoms with van der Waals surface area (Å²) < 4.78 is 5.62. The van der Waals surface area contributed by atoms with Gasteiger partial charge in [-0.2, -0.15) is 0 Å². The van der Waals surface area contributed by atoms with Crippen LogP contribution in [0, 0.1) is 5.92 Å². The fourth-order valence-corrected chi connectivity index (χ4v) is 1.88. The summed E-state index contributed by atoms with van der Waals surface area (Å²) in [4.78, 5) is 13.1. The first-order valence-electron chi connectivity index (χ1n) is 6.71. The summed E-state index contributed by atoms with van der Waals surface area (Å²) in [5, 5.41) is 8.79. The zero-order valence-corrected chi connectivity index (χ0v) is 11.9. The minimum Gasteiger partial charge on any atom is -0.492 e. The fraction of sp³-hybridized carbons (Fsp3) is 0.533. The number of carboxylic acid groups (broad SMARTS) is 1. The van der Waals surface area contributed by atoms with Crippen LogP contribution in [0.5, 0.6) is 5.75 Å². The highest BCUT2D eigenvalue weighted by molar-refractivity contribution is 5.87. The predicted octanol–water partition coefficient (Wildman–Crippen LogP) is 2.74. The van der Waals surface area contributed by atoms with Gasteiger partial charge in [0.05, 0.1) is 5.56 Å². The zero-order valence-electron chi connectivity index (χ0n) is 11.9. The van der Waals surface area contributed by atoms with Gasteiger partial charge < -0.3 is 9.84 Å². The van der Waals surface area contributed by atoms with E-state index in [1.807, 2.05) is 0 Å². The molecule has 19 heavy (non-hydrogen) atoms. The van der Waals surface area contributed by atoms with Crippen LogP contribution in [-0.2, 0) is 0 Å². The van der Waals surface area contributed by atoms with Crippen molar-refractivity contribution >= 4 is 5.97 Å². The Balaban J connectivity index is 2.37. The van der Waals surface area contributed by atoms with Crippen LogP contribution >= 0.6 is 0 Å². The molecule has 0 atom stereocenters. The lowest BCUT2D eigenvalue weighted by atomic mass is 10.2. The lowest BCUT2D eigenvalue weighted by molar-refractivity contribution is 0.0697. The molecule has 0 bridgehead atoms. The van der Waals surface area contributed by atoms with Gasteiger partial charge in [0.2, 0.25) is 0 Å². The molecule has 0 amide bonds. The highest BCUT2D eigenvalue weighted by Gasteiger charge is 2.06. The van der Waals surface area contributed by atoms with Crippen LogP contribution in [0.4, 0.5) is 0 Å². The molecule has 1 rings (SSSR count). The first-order valence-corrected chi connectivity index (χ1v) is 6.71. The van der Waals surface area contributed by atoms with Crippen LogP contribution in [0.15, 0.2) is 24.3 Å². The Morgan fingerprint density at radius 3 is 2.42 bits per heavy atom. The third-order valence-electron chi connectivity index (χ3n) is 2.85. The largest absolute Gasteiger partial charge is 0.492 e. The van der Waals surface area contributed by atoms with E-state index >= 15 is 0 Å². The van der Waals surface area contributed by atoms with Crippen molar-refractivity contribution in [1.29, 1.82) is 0 Å². The van der Waals surface area contributed by atoms with Crippen LogP contribution < -0.4 is 4.74 Å². The van der Waals surface area contributed by atoms with E-state index in [1.165, 1.54) is 0 Å². The van der Waals surface area contributed by atoms with E-state index in [0.29, 0.717) is 18.3 Å². The SMILES string of the molecule is CCN(CCOc1ccc(C(=O)O)cc1)CC(C)C. The van der Waals surface area contributed by atoms with Gasteiger partial charge in [0.25, 0.3) is 0 Å². The second kappa shape index (κ2) is 7.79. The molecule has 1 aromatic rings. The second-order valence-electron chi connectivity index (χ2n) is 4.97. The summed E-state index contributed by atoms with van der Waals surface area (Å²) in [6.07, 6.45) is 0. The summed E-state index contributed by atoms with van der Waals surface area (Å²) in [7, 11) is 0. The Kier molecular flexibility index (Phi) is 6.36. The Morgan fingerprint density at radius 2 is 1.95 bits per heavy atom. The minimum atomic E-state index is -0.916. The molecule has 0 radical (unpaired) electrons. The van der Waals surface area contributed by atoms with Crippen molar-refractivity contribution in [2.45, 2.75) is 20.8 Å². The summed E-state index contributed by atoms with van der Waals surface area (Å²) in [5.41, 5.74) is 0.280. The fourth-order valence-electron chi connectivity index (χ4n) is 1.88. The molecule has 1 aromatic carbocycles. The van der Waals surface area contributed by atoms with Crippen molar-refractivity contribution in [2.75, 3.05) is 26.2 Å². The summed E-state index contributed by atoms with van der Waals surface area (Å²) in [5.74, 6) is 0.445. The number of ether oxygens (including phenoxy) is 1. The number of hydrogen-bond acceptors (Lipinski definition) is 3. The number of carbonyl (C=O) groups is 1. The number of aromatic carboxylic acids is 1. The highest BCUT2D eigenvalue weighted by Crippen LogP contribution is 2.12. The topological polar surface area (TPSA) is 49.8 Å². The molecule has 4 heteroatoms. The standard InChI is InChI=1S/C15H23NO3/c1-4-16(11-12(2)3)9-10-19-14-7-5-13(6-8-14)15(17)18/h5-8,12H,4,9-11H2,1-3H3,(H,17,18). The van der Waals surface area contributed by atoms with Crippen LogP contribution in [-0.4, -0.2) is 42.2 Å². The van der Waals surface area contributed by atoms with Crippen LogP contribution in [0.2, 0.25) is 0 Å². The van der Waals surface area contributed by atoms with Gasteiger partial charge in [-0.3, -0.25) is 4.90 Å². The average molecular weight is 265 g/mol. The molecule has 1 N–H and O–H groups in total. The van der Waals surface area contributed by atoms with Crippen LogP contribution in [0.1, 0.15) is 31.1 Å². The summed E-state index contributed by atoms with van der Waals surface area (Å²) >= 11 is 0. The molecule has 0 aliphatic heterocycles. The Bertz CT molecular complexity index is 387. The van der Waals surface area contributed by atoms with Crippen molar-refractivity contribution in [1.82, 2.24) is 4.90 Å². The van der Waals surface area contributed by atoms with Gasteiger partial charge in [-0.25, -0.2) is 4.79 Å². The monoisotopic (exact) mass is 265 g/mol. The number of hydrogen-bond donors (Lipinski definition) is 1. The third kappa shape index (κ3) is 5.75. The Labute approximate surface area is 115 Å². The van der Waals surface area contributed by atoms with E-state index in [9.17, 15) is 4.79 Å². The molecule has 0 fully saturated rings. The smallest absolute Gasteiger partial charge is 0.335 e. The third-order valence-corrected chi connectivity index (χ3v) is 2.85. The maximum Gasteiger partial charge on any atom is 0.335 e. The Hall–Kier alpha value is -1.55. The molecular formula is C15H23NO3. The number of benzene rings is 1. The van der Waals surface area contributed by atoms with E-state index in [4.69, 9.17) is 9.84 Å². The number of carboxylic acids is 1. The minimum absolute atomic E-state index is 0.280. The van der Waals surface area contributed by atoms with Crippen molar-refractivity contribution in [3.63, 3.8) is 0 Å². The maximum atomic E-state index is 10.7. The number of likely N-dealkylation sites (N-methyl/N-ethyl adjacent to an activating group) is 1. The number of rotatable bonds is 8. The molecule has 4 nitrogen and oxygen atoms in total. The quantitative estimate of drug-likeness (QED) is 0.785.